The van der Waals surface area contributed by atoms with Crippen LogP contribution >= 0.6 is 0 Å². The number of rotatable bonds is 2. The number of hydrogen-bond acceptors (Lipinski definition) is 3. The Morgan fingerprint density at radius 3 is 2.64 bits per heavy atom. The number of benzene rings is 3. The predicted octanol–water partition coefficient (Wildman–Crippen LogP) is 6.10. The maximum atomic E-state index is 5.10. The highest BCUT2D eigenvalue weighted by molar-refractivity contribution is 6.12. The van der Waals surface area contributed by atoms with Crippen LogP contribution in [0.3, 0.4) is 0 Å². The lowest BCUT2D eigenvalue weighted by Crippen LogP contribution is -2.26. The molecule has 0 bridgehead atoms. The topological polar surface area (TPSA) is 37.3 Å². The molecule has 0 amide bonds. The number of fused-ring (bicyclic) bond motifs is 3. The van der Waals surface area contributed by atoms with E-state index in [0.717, 1.165) is 30.8 Å². The number of nitrogens with one attached hydrogen (secondary N) is 1. The smallest absolute Gasteiger partial charge is 0.102 e. The van der Waals surface area contributed by atoms with Crippen LogP contribution in [-0.2, 0) is 6.42 Å². The molecule has 0 spiro atoms. The molecule has 172 valence electrons. The van der Waals surface area contributed by atoms with Crippen molar-refractivity contribution in [3.63, 3.8) is 0 Å². The molecule has 0 saturated heterocycles. The second kappa shape index (κ2) is 7.63. The lowest BCUT2D eigenvalue weighted by atomic mass is 9.85. The molecule has 4 aromatic rings. The highest BCUT2D eigenvalue weighted by atomic mass is 14.9. The van der Waals surface area contributed by atoms with Crippen molar-refractivity contribution in [1.29, 1.82) is 0 Å². The summed E-state index contributed by atoms with van der Waals surface area (Å²) in [5.41, 5.74) is 8.65. The second-order valence-corrected chi connectivity index (χ2v) is 10.1. The summed E-state index contributed by atoms with van der Waals surface area (Å²) in [6.07, 6.45) is 17.2. The molecule has 1 aromatic heterocycles. The van der Waals surface area contributed by atoms with Gasteiger partial charge in [0.05, 0.1) is 11.4 Å². The van der Waals surface area contributed by atoms with Gasteiger partial charge < -0.3 is 5.32 Å². The van der Waals surface area contributed by atoms with E-state index in [1.54, 1.807) is 0 Å². The molecule has 3 heterocycles. The average molecular weight is 464 g/mol. The summed E-state index contributed by atoms with van der Waals surface area (Å²) in [6, 6.07) is 20.3. The fourth-order valence-corrected chi connectivity index (χ4v) is 6.37. The molecule has 1 N–H and O–H groups in total. The molecule has 0 fully saturated rings. The van der Waals surface area contributed by atoms with Crippen LogP contribution in [0.2, 0.25) is 0 Å². The Bertz CT molecular complexity index is 1780. The third-order valence-electron chi connectivity index (χ3n) is 8.17. The minimum atomic E-state index is 0.0882. The Kier molecular flexibility index (Phi) is 4.24. The first-order chi connectivity index (χ1) is 17.8. The minimum absolute atomic E-state index is 0.0882. The van der Waals surface area contributed by atoms with Crippen LogP contribution in [0.25, 0.3) is 38.8 Å². The SMILES string of the molecule is C1=CC2C=Cc3ccc(C4=CC=C(C5=c6ccc7cccc8ccc(c6c87)CC5)NC4)nc3C2N=C1. The normalized spacial score (nSPS) is 21.7. The monoisotopic (exact) mass is 463 g/mol. The molecule has 2 atom stereocenters. The number of aliphatic imine (C=N–C) groups is 1. The molecule has 0 saturated carbocycles. The van der Waals surface area contributed by atoms with E-state index >= 15 is 0 Å². The quantitative estimate of drug-likeness (QED) is 0.390. The van der Waals surface area contributed by atoms with E-state index in [2.05, 4.69) is 90.3 Å². The van der Waals surface area contributed by atoms with Crippen molar-refractivity contribution in [3.8, 4) is 0 Å². The van der Waals surface area contributed by atoms with Crippen molar-refractivity contribution in [1.82, 2.24) is 10.3 Å². The zero-order chi connectivity index (χ0) is 23.6. The molecule has 0 radical (unpaired) electrons. The van der Waals surface area contributed by atoms with E-state index in [1.165, 1.54) is 54.7 Å². The average Bonchev–Trinajstić information content (AvgIpc) is 2.95. The van der Waals surface area contributed by atoms with E-state index in [9.17, 15) is 0 Å². The summed E-state index contributed by atoms with van der Waals surface area (Å²) < 4.78 is 0. The number of nitrogens with zero attached hydrogens (tertiary/aromatic N) is 2. The van der Waals surface area contributed by atoms with Gasteiger partial charge in [0.2, 0.25) is 0 Å². The number of pyridine rings is 1. The van der Waals surface area contributed by atoms with Crippen molar-refractivity contribution < 1.29 is 0 Å². The fourth-order valence-electron chi connectivity index (χ4n) is 6.37. The summed E-state index contributed by atoms with van der Waals surface area (Å²) in [7, 11) is 0. The molecule has 2 aliphatic heterocycles. The van der Waals surface area contributed by atoms with Crippen molar-refractivity contribution in [2.75, 3.05) is 6.54 Å². The van der Waals surface area contributed by atoms with Gasteiger partial charge in [-0.25, -0.2) is 0 Å². The Labute approximate surface area is 210 Å². The molecule has 36 heavy (non-hydrogen) atoms. The van der Waals surface area contributed by atoms with Crippen molar-refractivity contribution in [2.24, 2.45) is 10.9 Å². The third kappa shape index (κ3) is 2.92. The first kappa shape index (κ1) is 20.0. The summed E-state index contributed by atoms with van der Waals surface area (Å²) in [5, 5.41) is 10.6. The Morgan fingerprint density at radius 2 is 1.75 bits per heavy atom. The van der Waals surface area contributed by atoms with E-state index in [1.807, 2.05) is 12.3 Å². The summed E-state index contributed by atoms with van der Waals surface area (Å²) in [5.74, 6) is 0.304. The number of hydrogen-bond donors (Lipinski definition) is 1. The standard InChI is InChI=1S/C33H25N3/c1-3-20-6-7-22-10-14-26(27-15-11-21(4-1)30(20)31(22)27)29-17-13-25(19-35-29)28-16-12-24-9-8-23-5-2-18-34-32(23)33(24)36-28/h1-9,11-13,15-18,23,32,35H,10,14,19H2. The van der Waals surface area contributed by atoms with Crippen LogP contribution in [-0.4, -0.2) is 17.7 Å². The van der Waals surface area contributed by atoms with Crippen LogP contribution in [0.4, 0.5) is 0 Å². The van der Waals surface area contributed by atoms with Crippen LogP contribution in [0.5, 0.6) is 0 Å². The number of aryl methyl sites for hydroxylation is 1. The maximum Gasteiger partial charge on any atom is 0.102 e. The first-order valence-corrected chi connectivity index (χ1v) is 12.8. The molecular weight excluding hydrogens is 438 g/mol. The van der Waals surface area contributed by atoms with Gasteiger partial charge in [-0.05, 0) is 80.1 Å². The summed E-state index contributed by atoms with van der Waals surface area (Å²) in [4.78, 5) is 9.83. The van der Waals surface area contributed by atoms with Crippen molar-refractivity contribution in [3.05, 3.63) is 118 Å². The molecular formula is C33H25N3. The van der Waals surface area contributed by atoms with E-state index in [4.69, 9.17) is 9.98 Å². The van der Waals surface area contributed by atoms with Gasteiger partial charge in [0, 0.05) is 24.4 Å². The number of aromatic nitrogens is 1. The molecule has 2 aliphatic carbocycles. The van der Waals surface area contributed by atoms with Crippen LogP contribution < -0.4 is 10.5 Å². The lowest BCUT2D eigenvalue weighted by molar-refractivity contribution is 0.593. The van der Waals surface area contributed by atoms with Gasteiger partial charge in [-0.3, -0.25) is 9.98 Å². The van der Waals surface area contributed by atoms with Gasteiger partial charge in [-0.1, -0.05) is 72.8 Å². The van der Waals surface area contributed by atoms with E-state index in [-0.39, 0.29) is 6.04 Å². The highest BCUT2D eigenvalue weighted by Crippen LogP contribution is 2.37. The van der Waals surface area contributed by atoms with Crippen molar-refractivity contribution >= 4 is 45.0 Å². The number of allylic oxidation sites excluding steroid dienone is 4. The predicted molar refractivity (Wildman–Crippen MR) is 150 cm³/mol. The lowest BCUT2D eigenvalue weighted by Gasteiger charge is -2.27. The Balaban J connectivity index is 1.22. The number of dihydropyridines is 2. The van der Waals surface area contributed by atoms with Gasteiger partial charge >= 0.3 is 0 Å². The maximum absolute atomic E-state index is 5.10. The molecule has 8 rings (SSSR count). The Hall–Kier alpha value is -4.24. The van der Waals surface area contributed by atoms with Gasteiger partial charge in [0.15, 0.2) is 0 Å². The van der Waals surface area contributed by atoms with E-state index in [0.29, 0.717) is 5.92 Å². The largest absolute Gasteiger partial charge is 0.381 e. The zero-order valence-corrected chi connectivity index (χ0v) is 19.9. The van der Waals surface area contributed by atoms with Crippen LogP contribution in [0.1, 0.15) is 35.0 Å². The van der Waals surface area contributed by atoms with Crippen LogP contribution in [0.15, 0.2) is 95.7 Å². The molecule has 3 nitrogen and oxygen atoms in total. The van der Waals surface area contributed by atoms with Crippen molar-refractivity contribution in [2.45, 2.75) is 18.9 Å². The van der Waals surface area contributed by atoms with Crippen LogP contribution in [0, 0.1) is 5.92 Å². The van der Waals surface area contributed by atoms with Gasteiger partial charge in [0.25, 0.3) is 0 Å². The van der Waals surface area contributed by atoms with E-state index < -0.39 is 0 Å². The fraction of sp³-hybridized carbons (Fsp3) is 0.152. The highest BCUT2D eigenvalue weighted by Gasteiger charge is 2.27. The minimum Gasteiger partial charge on any atom is -0.381 e. The summed E-state index contributed by atoms with van der Waals surface area (Å²) >= 11 is 0. The van der Waals surface area contributed by atoms with Gasteiger partial charge in [0.1, 0.15) is 6.04 Å². The second-order valence-electron chi connectivity index (χ2n) is 10.1. The molecule has 3 aromatic carbocycles. The van der Waals surface area contributed by atoms with Gasteiger partial charge in [-0.15, -0.1) is 0 Å². The van der Waals surface area contributed by atoms with Gasteiger partial charge in [-0.2, -0.15) is 0 Å². The summed E-state index contributed by atoms with van der Waals surface area (Å²) in [6.45, 7) is 0.777. The molecule has 2 unspecified atom stereocenters. The zero-order valence-electron chi connectivity index (χ0n) is 19.9. The Morgan fingerprint density at radius 1 is 0.833 bits per heavy atom. The first-order valence-electron chi connectivity index (χ1n) is 12.8. The molecule has 4 aliphatic rings. The third-order valence-corrected chi connectivity index (χ3v) is 8.17. The molecule has 3 heteroatoms.